The Labute approximate surface area is 140 Å². The van der Waals surface area contributed by atoms with E-state index in [9.17, 15) is 9.59 Å². The molecule has 0 heterocycles. The van der Waals surface area contributed by atoms with E-state index in [-0.39, 0.29) is 23.7 Å². The highest BCUT2D eigenvalue weighted by molar-refractivity contribution is 5.88. The number of carbonyl (C=O) groups is 2. The second-order valence-corrected chi connectivity index (χ2v) is 7.03. The van der Waals surface area contributed by atoms with Gasteiger partial charge >= 0.3 is 0 Å². The van der Waals surface area contributed by atoms with Crippen LogP contribution in [0.4, 0.5) is 0 Å². The van der Waals surface area contributed by atoms with Crippen LogP contribution in [0.25, 0.3) is 0 Å². The highest BCUT2D eigenvalue weighted by Gasteiger charge is 2.29. The molecule has 2 amide bonds. The smallest absolute Gasteiger partial charge is 0.242 e. The van der Waals surface area contributed by atoms with Crippen molar-refractivity contribution in [3.8, 4) is 0 Å². The minimum Gasteiger partial charge on any atom is -0.382 e. The standard InChI is InChI=1S/C18H34N2O3/c1-5-23-12-6-11-19-18(22)16(13(2)3)20-17(21)15-9-7-14(4)8-10-15/h13-16H,5-12H2,1-4H3,(H,19,22)(H,20,21)/t14?,15?,16-/m0/s1. The fraction of sp³-hybridized carbons (Fsp3) is 0.889. The number of carbonyl (C=O) groups excluding carboxylic acids is 2. The van der Waals surface area contributed by atoms with Crippen molar-refractivity contribution in [1.82, 2.24) is 10.6 Å². The van der Waals surface area contributed by atoms with Crippen LogP contribution in [0.15, 0.2) is 0 Å². The highest BCUT2D eigenvalue weighted by atomic mass is 16.5. The summed E-state index contributed by atoms with van der Waals surface area (Å²) in [6.45, 7) is 10.0. The summed E-state index contributed by atoms with van der Waals surface area (Å²) in [5, 5.41) is 5.88. The number of nitrogens with one attached hydrogen (secondary N) is 2. The summed E-state index contributed by atoms with van der Waals surface area (Å²) >= 11 is 0. The lowest BCUT2D eigenvalue weighted by atomic mass is 9.82. The lowest BCUT2D eigenvalue weighted by Gasteiger charge is -2.28. The highest BCUT2D eigenvalue weighted by Crippen LogP contribution is 2.28. The molecule has 2 N–H and O–H groups in total. The third-order valence-electron chi connectivity index (χ3n) is 4.60. The molecule has 0 radical (unpaired) electrons. The Hall–Kier alpha value is -1.10. The maximum Gasteiger partial charge on any atom is 0.242 e. The van der Waals surface area contributed by atoms with Gasteiger partial charge < -0.3 is 15.4 Å². The Kier molecular flexibility index (Phi) is 9.22. The van der Waals surface area contributed by atoms with Gasteiger partial charge in [-0.1, -0.05) is 20.8 Å². The summed E-state index contributed by atoms with van der Waals surface area (Å²) in [5.41, 5.74) is 0. The van der Waals surface area contributed by atoms with Crippen LogP contribution in [0, 0.1) is 17.8 Å². The molecule has 0 spiro atoms. The van der Waals surface area contributed by atoms with E-state index in [0.717, 1.165) is 32.1 Å². The Morgan fingerprint density at radius 2 is 1.83 bits per heavy atom. The van der Waals surface area contributed by atoms with Gasteiger partial charge in [0.15, 0.2) is 0 Å². The van der Waals surface area contributed by atoms with E-state index in [1.54, 1.807) is 0 Å². The number of rotatable bonds is 9. The Balaban J connectivity index is 2.41. The molecule has 0 aromatic rings. The first-order chi connectivity index (χ1) is 11.0. The molecule has 0 bridgehead atoms. The van der Waals surface area contributed by atoms with Crippen LogP contribution in [0.3, 0.4) is 0 Å². The number of amides is 2. The maximum absolute atomic E-state index is 12.4. The van der Waals surface area contributed by atoms with E-state index in [1.807, 2.05) is 20.8 Å². The zero-order chi connectivity index (χ0) is 17.2. The Bertz CT molecular complexity index is 363. The molecule has 134 valence electrons. The fourth-order valence-corrected chi connectivity index (χ4v) is 2.97. The van der Waals surface area contributed by atoms with Gasteiger partial charge in [0.1, 0.15) is 6.04 Å². The van der Waals surface area contributed by atoms with Gasteiger partial charge in [0.2, 0.25) is 11.8 Å². The van der Waals surface area contributed by atoms with Crippen molar-refractivity contribution in [1.29, 1.82) is 0 Å². The minimum atomic E-state index is -0.450. The van der Waals surface area contributed by atoms with Crippen LogP contribution in [-0.2, 0) is 14.3 Å². The van der Waals surface area contributed by atoms with Crippen molar-refractivity contribution in [3.05, 3.63) is 0 Å². The van der Waals surface area contributed by atoms with Gasteiger partial charge in [-0.2, -0.15) is 0 Å². The molecule has 1 fully saturated rings. The molecule has 0 aromatic heterocycles. The van der Waals surface area contributed by atoms with Crippen LogP contribution < -0.4 is 10.6 Å². The molecule has 0 unspecified atom stereocenters. The van der Waals surface area contributed by atoms with E-state index in [0.29, 0.717) is 25.7 Å². The van der Waals surface area contributed by atoms with Crippen molar-refractivity contribution in [2.24, 2.45) is 17.8 Å². The molecule has 1 aliphatic rings. The first-order valence-corrected chi connectivity index (χ1v) is 9.11. The normalized spacial score (nSPS) is 22.7. The molecule has 1 aliphatic carbocycles. The van der Waals surface area contributed by atoms with Crippen molar-refractivity contribution in [2.45, 2.75) is 65.8 Å². The number of hydrogen-bond donors (Lipinski definition) is 2. The molecule has 1 rings (SSSR count). The largest absolute Gasteiger partial charge is 0.382 e. The minimum absolute atomic E-state index is 0.0417. The zero-order valence-electron chi connectivity index (χ0n) is 15.2. The average Bonchev–Trinajstić information content (AvgIpc) is 2.52. The van der Waals surface area contributed by atoms with E-state index in [4.69, 9.17) is 4.74 Å². The van der Waals surface area contributed by atoms with E-state index in [1.165, 1.54) is 0 Å². The van der Waals surface area contributed by atoms with Crippen molar-refractivity contribution in [2.75, 3.05) is 19.8 Å². The first-order valence-electron chi connectivity index (χ1n) is 9.11. The van der Waals surface area contributed by atoms with Crippen molar-refractivity contribution < 1.29 is 14.3 Å². The van der Waals surface area contributed by atoms with Crippen LogP contribution in [-0.4, -0.2) is 37.6 Å². The Morgan fingerprint density at radius 1 is 1.17 bits per heavy atom. The predicted octanol–water partition coefficient (Wildman–Crippen LogP) is 2.50. The molecule has 5 heteroatoms. The van der Waals surface area contributed by atoms with Crippen LogP contribution >= 0.6 is 0 Å². The first kappa shape index (κ1) is 19.9. The van der Waals surface area contributed by atoms with E-state index >= 15 is 0 Å². The van der Waals surface area contributed by atoms with Gasteiger partial charge in [-0.05, 0) is 50.9 Å². The van der Waals surface area contributed by atoms with E-state index in [2.05, 4.69) is 17.6 Å². The SMILES string of the molecule is CCOCCCNC(=O)[C@@H](NC(=O)C1CCC(C)CC1)C(C)C. The molecule has 0 aromatic carbocycles. The number of hydrogen-bond acceptors (Lipinski definition) is 3. The molecular weight excluding hydrogens is 292 g/mol. The van der Waals surface area contributed by atoms with Crippen molar-refractivity contribution >= 4 is 11.8 Å². The van der Waals surface area contributed by atoms with Crippen LogP contribution in [0.1, 0.15) is 59.8 Å². The summed E-state index contributed by atoms with van der Waals surface area (Å²) < 4.78 is 5.25. The summed E-state index contributed by atoms with van der Waals surface area (Å²) in [4.78, 5) is 24.7. The topological polar surface area (TPSA) is 67.4 Å². The van der Waals surface area contributed by atoms with Gasteiger partial charge in [-0.3, -0.25) is 9.59 Å². The third kappa shape index (κ3) is 7.34. The summed E-state index contributed by atoms with van der Waals surface area (Å²) in [6, 6.07) is -0.450. The summed E-state index contributed by atoms with van der Waals surface area (Å²) in [7, 11) is 0. The predicted molar refractivity (Wildman–Crippen MR) is 92.0 cm³/mol. The van der Waals surface area contributed by atoms with Gasteiger partial charge in [0, 0.05) is 25.7 Å². The van der Waals surface area contributed by atoms with Crippen LogP contribution in [0.5, 0.6) is 0 Å². The second kappa shape index (κ2) is 10.6. The summed E-state index contributed by atoms with van der Waals surface area (Å²) in [5.74, 6) is 0.814. The van der Waals surface area contributed by atoms with Gasteiger partial charge in [0.25, 0.3) is 0 Å². The third-order valence-corrected chi connectivity index (χ3v) is 4.60. The number of ether oxygens (including phenoxy) is 1. The molecule has 1 saturated carbocycles. The Morgan fingerprint density at radius 3 is 2.39 bits per heavy atom. The van der Waals surface area contributed by atoms with Gasteiger partial charge in [-0.15, -0.1) is 0 Å². The molecule has 23 heavy (non-hydrogen) atoms. The lowest BCUT2D eigenvalue weighted by molar-refractivity contribution is -0.132. The monoisotopic (exact) mass is 326 g/mol. The molecule has 1 atom stereocenters. The van der Waals surface area contributed by atoms with Gasteiger partial charge in [-0.25, -0.2) is 0 Å². The summed E-state index contributed by atoms with van der Waals surface area (Å²) in [6.07, 6.45) is 4.88. The van der Waals surface area contributed by atoms with Gasteiger partial charge in [0.05, 0.1) is 0 Å². The van der Waals surface area contributed by atoms with E-state index < -0.39 is 6.04 Å². The molecular formula is C18H34N2O3. The molecule has 0 aliphatic heterocycles. The molecule has 0 saturated heterocycles. The molecule has 5 nitrogen and oxygen atoms in total. The van der Waals surface area contributed by atoms with Crippen LogP contribution in [0.2, 0.25) is 0 Å². The maximum atomic E-state index is 12.4. The average molecular weight is 326 g/mol. The lowest BCUT2D eigenvalue weighted by Crippen LogP contribution is -2.51. The second-order valence-electron chi connectivity index (χ2n) is 7.03. The zero-order valence-corrected chi connectivity index (χ0v) is 15.2. The fourth-order valence-electron chi connectivity index (χ4n) is 2.97. The quantitative estimate of drug-likeness (QED) is 0.640. The van der Waals surface area contributed by atoms with Crippen molar-refractivity contribution in [3.63, 3.8) is 0 Å².